The van der Waals surface area contributed by atoms with E-state index in [1.807, 2.05) is 19.9 Å². The summed E-state index contributed by atoms with van der Waals surface area (Å²) in [6.07, 6.45) is 2.80. The molecule has 1 aliphatic heterocycles. The zero-order valence-corrected chi connectivity index (χ0v) is 22.1. The Hall–Kier alpha value is -3.48. The molecule has 2 amide bonds. The van der Waals surface area contributed by atoms with E-state index in [2.05, 4.69) is 25.6 Å². The lowest BCUT2D eigenvalue weighted by Crippen LogP contribution is -2.54. The Morgan fingerprint density at radius 3 is 2.55 bits per heavy atom. The van der Waals surface area contributed by atoms with Crippen LogP contribution < -0.4 is 10.6 Å². The van der Waals surface area contributed by atoms with Crippen molar-refractivity contribution in [3.63, 3.8) is 0 Å². The normalized spacial score (nSPS) is 19.6. The van der Waals surface area contributed by atoms with E-state index in [4.69, 9.17) is 0 Å². The third-order valence-electron chi connectivity index (χ3n) is 6.36. The number of fused-ring (bicyclic) bond motifs is 1. The molecule has 3 heterocycles. The van der Waals surface area contributed by atoms with Crippen LogP contribution in [-0.4, -0.2) is 75.9 Å². The molecule has 1 fully saturated rings. The summed E-state index contributed by atoms with van der Waals surface area (Å²) in [6.45, 7) is 3.87. The van der Waals surface area contributed by atoms with Crippen LogP contribution in [0.15, 0.2) is 59.9 Å². The molecule has 3 aromatic rings. The highest BCUT2D eigenvalue weighted by molar-refractivity contribution is 7.89. The molecule has 0 bridgehead atoms. The lowest BCUT2D eigenvalue weighted by molar-refractivity contribution is -0.125. The van der Waals surface area contributed by atoms with Crippen molar-refractivity contribution >= 4 is 32.9 Å². The second kappa shape index (κ2) is 11.9. The van der Waals surface area contributed by atoms with Gasteiger partial charge in [-0.15, -0.1) is 0 Å². The quantitative estimate of drug-likeness (QED) is 0.388. The number of β-amino-alcohol motifs (C(OH)–C–C–N with tert-alkyl or cyclic N) is 1. The SMILES string of the molecule is CC(C)CC(NC(=O)c1cnc2ccccc2n1)C(=O)NC1CCCN(S(=O)(=O)c2ccccn2)C[C@@H]1O. The Morgan fingerprint density at radius 1 is 1.11 bits per heavy atom. The van der Waals surface area contributed by atoms with Crippen LogP contribution in [-0.2, 0) is 14.8 Å². The summed E-state index contributed by atoms with van der Waals surface area (Å²) >= 11 is 0. The molecule has 4 rings (SSSR count). The molecule has 0 saturated carbocycles. The number of hydrogen-bond acceptors (Lipinski definition) is 8. The van der Waals surface area contributed by atoms with Crippen LogP contribution in [0.5, 0.6) is 0 Å². The number of carbonyl (C=O) groups excluding carboxylic acids is 2. The topological polar surface area (TPSA) is 154 Å². The number of benzene rings is 1. The van der Waals surface area contributed by atoms with Crippen molar-refractivity contribution < 1.29 is 23.1 Å². The number of amides is 2. The number of pyridine rings is 1. The smallest absolute Gasteiger partial charge is 0.272 e. The van der Waals surface area contributed by atoms with Crippen molar-refractivity contribution in [3.8, 4) is 0 Å². The van der Waals surface area contributed by atoms with Gasteiger partial charge < -0.3 is 15.7 Å². The molecule has 3 atom stereocenters. The Kier molecular flexibility index (Phi) is 8.65. The van der Waals surface area contributed by atoms with Gasteiger partial charge in [0.15, 0.2) is 5.03 Å². The largest absolute Gasteiger partial charge is 0.390 e. The third-order valence-corrected chi connectivity index (χ3v) is 8.14. The summed E-state index contributed by atoms with van der Waals surface area (Å²) in [5.74, 6) is -0.893. The van der Waals surface area contributed by atoms with Gasteiger partial charge >= 0.3 is 0 Å². The van der Waals surface area contributed by atoms with Gasteiger partial charge in [-0.05, 0) is 49.4 Å². The number of nitrogens with zero attached hydrogens (tertiary/aromatic N) is 4. The van der Waals surface area contributed by atoms with Gasteiger partial charge in [-0.3, -0.25) is 14.6 Å². The predicted molar refractivity (Wildman–Crippen MR) is 140 cm³/mol. The van der Waals surface area contributed by atoms with Crippen LogP contribution in [0.4, 0.5) is 0 Å². The van der Waals surface area contributed by atoms with E-state index in [1.54, 1.807) is 30.3 Å². The molecule has 0 radical (unpaired) electrons. The Labute approximate surface area is 221 Å². The van der Waals surface area contributed by atoms with Gasteiger partial charge in [0.2, 0.25) is 5.91 Å². The first-order valence-electron chi connectivity index (χ1n) is 12.6. The molecule has 1 aromatic carbocycles. The first-order valence-corrected chi connectivity index (χ1v) is 14.0. The van der Waals surface area contributed by atoms with Gasteiger partial charge in [-0.2, -0.15) is 4.31 Å². The van der Waals surface area contributed by atoms with Gasteiger partial charge in [-0.1, -0.05) is 32.0 Å². The van der Waals surface area contributed by atoms with Crippen LogP contribution in [0.25, 0.3) is 11.0 Å². The first kappa shape index (κ1) is 27.6. The molecule has 3 N–H and O–H groups in total. The number of sulfonamides is 1. The lowest BCUT2D eigenvalue weighted by Gasteiger charge is -2.27. The minimum atomic E-state index is -3.89. The number of rotatable bonds is 8. The molecule has 11 nitrogen and oxygen atoms in total. The molecule has 2 aromatic heterocycles. The second-order valence-electron chi connectivity index (χ2n) is 9.76. The van der Waals surface area contributed by atoms with Gasteiger partial charge in [0.1, 0.15) is 11.7 Å². The van der Waals surface area contributed by atoms with E-state index < -0.39 is 40.0 Å². The zero-order valence-electron chi connectivity index (χ0n) is 21.3. The number of nitrogens with one attached hydrogen (secondary N) is 2. The summed E-state index contributed by atoms with van der Waals surface area (Å²) in [7, 11) is -3.89. The summed E-state index contributed by atoms with van der Waals surface area (Å²) in [6, 6.07) is 10.2. The molecular weight excluding hydrogens is 508 g/mol. The van der Waals surface area contributed by atoms with Gasteiger partial charge in [0.25, 0.3) is 15.9 Å². The molecule has 0 spiro atoms. The minimum absolute atomic E-state index is 0.0896. The molecule has 12 heteroatoms. The van der Waals surface area contributed by atoms with E-state index in [0.29, 0.717) is 30.3 Å². The standard InChI is InChI=1S/C26H32N6O5S/c1-17(2)14-21(31-26(35)22-15-28-18-8-3-4-9-19(18)29-22)25(34)30-20-10-7-13-32(16-23(20)33)38(36,37)24-11-5-6-12-27-24/h3-6,8-9,11-12,15,17,20-21,23,33H,7,10,13-14,16H2,1-2H3,(H,30,34)(H,31,35)/t20?,21?,23-/m0/s1. The Balaban J connectivity index is 1.44. The summed E-state index contributed by atoms with van der Waals surface area (Å²) < 4.78 is 27.2. The summed E-state index contributed by atoms with van der Waals surface area (Å²) in [4.78, 5) is 38.8. The number of para-hydroxylation sites is 2. The van der Waals surface area contributed by atoms with E-state index >= 15 is 0 Å². The first-order chi connectivity index (χ1) is 18.1. The van der Waals surface area contributed by atoms with Crippen molar-refractivity contribution in [2.75, 3.05) is 13.1 Å². The maximum absolute atomic E-state index is 13.3. The average molecular weight is 541 g/mol. The van der Waals surface area contributed by atoms with Crippen molar-refractivity contribution in [2.24, 2.45) is 5.92 Å². The molecule has 202 valence electrons. The maximum Gasteiger partial charge on any atom is 0.272 e. The maximum atomic E-state index is 13.3. The summed E-state index contributed by atoms with van der Waals surface area (Å²) in [5.41, 5.74) is 1.31. The fourth-order valence-corrected chi connectivity index (χ4v) is 5.84. The number of aliphatic hydroxyl groups excluding tert-OH is 1. The molecule has 1 saturated heterocycles. The van der Waals surface area contributed by atoms with E-state index in [1.165, 1.54) is 22.8 Å². The number of carbonyl (C=O) groups is 2. The van der Waals surface area contributed by atoms with Gasteiger partial charge in [0, 0.05) is 19.3 Å². The molecule has 2 unspecified atom stereocenters. The Morgan fingerprint density at radius 2 is 1.84 bits per heavy atom. The number of aliphatic hydroxyl groups is 1. The van der Waals surface area contributed by atoms with E-state index in [9.17, 15) is 23.1 Å². The van der Waals surface area contributed by atoms with Crippen molar-refractivity contribution in [2.45, 2.75) is 56.3 Å². The number of aromatic nitrogens is 3. The lowest BCUT2D eigenvalue weighted by atomic mass is 10.0. The van der Waals surface area contributed by atoms with Gasteiger partial charge in [-0.25, -0.2) is 18.4 Å². The Bertz CT molecular complexity index is 1390. The molecule has 38 heavy (non-hydrogen) atoms. The van der Waals surface area contributed by atoms with Crippen LogP contribution >= 0.6 is 0 Å². The van der Waals surface area contributed by atoms with Crippen molar-refractivity contribution in [1.29, 1.82) is 0 Å². The van der Waals surface area contributed by atoms with Crippen LogP contribution in [0.2, 0.25) is 0 Å². The fourth-order valence-electron chi connectivity index (χ4n) is 4.41. The molecular formula is C26H32N6O5S. The average Bonchev–Trinajstić information content (AvgIpc) is 3.09. The van der Waals surface area contributed by atoms with Crippen LogP contribution in [0, 0.1) is 5.92 Å². The fraction of sp³-hybridized carbons (Fsp3) is 0.423. The highest BCUT2D eigenvalue weighted by Crippen LogP contribution is 2.20. The molecule has 1 aliphatic rings. The second-order valence-corrected chi connectivity index (χ2v) is 11.6. The zero-order chi connectivity index (χ0) is 27.3. The minimum Gasteiger partial charge on any atom is -0.390 e. The summed E-state index contributed by atoms with van der Waals surface area (Å²) in [5, 5.41) is 16.4. The highest BCUT2D eigenvalue weighted by atomic mass is 32.2. The van der Waals surface area contributed by atoms with Crippen molar-refractivity contribution in [3.05, 3.63) is 60.6 Å². The van der Waals surface area contributed by atoms with E-state index in [0.717, 1.165) is 0 Å². The van der Waals surface area contributed by atoms with E-state index in [-0.39, 0.29) is 29.7 Å². The highest BCUT2D eigenvalue weighted by Gasteiger charge is 2.35. The van der Waals surface area contributed by atoms with Crippen molar-refractivity contribution in [1.82, 2.24) is 29.9 Å². The van der Waals surface area contributed by atoms with Crippen LogP contribution in [0.1, 0.15) is 43.6 Å². The monoisotopic (exact) mass is 540 g/mol. The number of hydrogen-bond donors (Lipinski definition) is 3. The van der Waals surface area contributed by atoms with Gasteiger partial charge in [0.05, 0.1) is 29.4 Å². The molecule has 0 aliphatic carbocycles. The predicted octanol–water partition coefficient (Wildman–Crippen LogP) is 1.50. The van der Waals surface area contributed by atoms with Crippen LogP contribution in [0.3, 0.4) is 0 Å². The third kappa shape index (κ3) is 6.50.